The van der Waals surface area contributed by atoms with Crippen LogP contribution in [0.3, 0.4) is 0 Å². The maximum Gasteiger partial charge on any atom is 0.123 e. The predicted octanol–water partition coefficient (Wildman–Crippen LogP) is 2.42. The summed E-state index contributed by atoms with van der Waals surface area (Å²) in [6.45, 7) is 8.47. The van der Waals surface area contributed by atoms with Gasteiger partial charge in [-0.05, 0) is 69.0 Å². The molecule has 0 aromatic heterocycles. The molecule has 1 unspecified atom stereocenters. The average molecular weight is 274 g/mol. The van der Waals surface area contributed by atoms with Gasteiger partial charge in [0.05, 0.1) is 0 Å². The Labute approximate surface area is 122 Å². The minimum atomic E-state index is 0.0588. The minimum Gasteiger partial charge on any atom is -0.486 e. The maximum atomic E-state index is 6.45. The molecule has 0 radical (unpaired) electrons. The molecule has 2 heterocycles. The largest absolute Gasteiger partial charge is 0.486 e. The van der Waals surface area contributed by atoms with Crippen molar-refractivity contribution in [3.05, 3.63) is 28.8 Å². The number of nitrogens with zero attached hydrogens (tertiary/aromatic N) is 1. The third-order valence-electron chi connectivity index (χ3n) is 4.93. The molecule has 0 saturated carbocycles. The van der Waals surface area contributed by atoms with Crippen LogP contribution in [0.4, 0.5) is 0 Å². The number of aryl methyl sites for hydroxylation is 3. The van der Waals surface area contributed by atoms with Crippen LogP contribution in [0.15, 0.2) is 12.1 Å². The molecule has 0 aliphatic carbocycles. The van der Waals surface area contributed by atoms with E-state index in [1.165, 1.54) is 16.7 Å². The molecule has 2 aliphatic heterocycles. The van der Waals surface area contributed by atoms with Crippen LogP contribution in [0.1, 0.15) is 36.0 Å². The molecule has 110 valence electrons. The Balaban J connectivity index is 1.74. The molecule has 1 fully saturated rings. The third kappa shape index (κ3) is 2.57. The van der Waals surface area contributed by atoms with Crippen LogP contribution in [0.5, 0.6) is 5.75 Å². The summed E-state index contributed by atoms with van der Waals surface area (Å²) in [5, 5.41) is 0. The van der Waals surface area contributed by atoms with Crippen molar-refractivity contribution in [2.75, 3.05) is 26.2 Å². The fourth-order valence-corrected chi connectivity index (χ4v) is 3.51. The summed E-state index contributed by atoms with van der Waals surface area (Å²) in [6.07, 6.45) is 4.55. The highest BCUT2D eigenvalue weighted by molar-refractivity contribution is 5.43. The lowest BCUT2D eigenvalue weighted by Crippen LogP contribution is -2.42. The van der Waals surface area contributed by atoms with Crippen molar-refractivity contribution in [2.24, 2.45) is 5.73 Å². The van der Waals surface area contributed by atoms with Gasteiger partial charge in [-0.15, -0.1) is 0 Å². The zero-order valence-electron chi connectivity index (χ0n) is 12.7. The second kappa shape index (κ2) is 5.38. The van der Waals surface area contributed by atoms with E-state index in [1.807, 2.05) is 0 Å². The first-order valence-corrected chi connectivity index (χ1v) is 7.83. The fourth-order valence-electron chi connectivity index (χ4n) is 3.51. The Morgan fingerprint density at radius 2 is 2.05 bits per heavy atom. The highest BCUT2D eigenvalue weighted by Gasteiger charge is 2.42. The molecule has 1 aromatic carbocycles. The predicted molar refractivity (Wildman–Crippen MR) is 82.3 cm³/mol. The van der Waals surface area contributed by atoms with Crippen molar-refractivity contribution in [3.8, 4) is 5.75 Å². The second-order valence-corrected chi connectivity index (χ2v) is 6.50. The number of benzene rings is 1. The van der Waals surface area contributed by atoms with Crippen LogP contribution in [-0.4, -0.2) is 36.7 Å². The monoisotopic (exact) mass is 274 g/mol. The zero-order chi connectivity index (χ0) is 14.2. The van der Waals surface area contributed by atoms with Gasteiger partial charge in [0.1, 0.15) is 11.4 Å². The van der Waals surface area contributed by atoms with E-state index in [0.717, 1.165) is 57.6 Å². The molecule has 1 spiro atoms. The number of rotatable bonds is 3. The van der Waals surface area contributed by atoms with Crippen molar-refractivity contribution in [1.82, 2.24) is 4.90 Å². The first-order chi connectivity index (χ1) is 9.62. The van der Waals surface area contributed by atoms with E-state index < -0.39 is 0 Å². The van der Waals surface area contributed by atoms with Crippen LogP contribution in [0.2, 0.25) is 0 Å². The Morgan fingerprint density at radius 1 is 1.25 bits per heavy atom. The first kappa shape index (κ1) is 13.9. The molecule has 3 heteroatoms. The van der Waals surface area contributed by atoms with Gasteiger partial charge >= 0.3 is 0 Å². The van der Waals surface area contributed by atoms with Crippen LogP contribution >= 0.6 is 0 Å². The highest BCUT2D eigenvalue weighted by Crippen LogP contribution is 2.39. The molecule has 2 N–H and O–H groups in total. The molecule has 20 heavy (non-hydrogen) atoms. The van der Waals surface area contributed by atoms with Crippen molar-refractivity contribution in [2.45, 2.75) is 45.1 Å². The van der Waals surface area contributed by atoms with E-state index in [4.69, 9.17) is 10.5 Å². The number of hydrogen-bond acceptors (Lipinski definition) is 3. The number of hydrogen-bond donors (Lipinski definition) is 1. The second-order valence-electron chi connectivity index (χ2n) is 6.50. The van der Waals surface area contributed by atoms with E-state index in [1.54, 1.807) is 0 Å². The van der Waals surface area contributed by atoms with Gasteiger partial charge in [0.25, 0.3) is 0 Å². The average Bonchev–Trinajstić information content (AvgIpc) is 2.81. The molecule has 1 aromatic rings. The van der Waals surface area contributed by atoms with Gasteiger partial charge in [-0.1, -0.05) is 6.07 Å². The van der Waals surface area contributed by atoms with Crippen LogP contribution in [-0.2, 0) is 6.42 Å². The molecule has 3 nitrogen and oxygen atoms in total. The number of nitrogens with two attached hydrogens (primary N) is 1. The smallest absolute Gasteiger partial charge is 0.123 e. The van der Waals surface area contributed by atoms with Gasteiger partial charge in [0.2, 0.25) is 0 Å². The van der Waals surface area contributed by atoms with Crippen molar-refractivity contribution in [1.29, 1.82) is 0 Å². The normalized spacial score (nSPS) is 25.8. The molecular formula is C17H26N2O. The van der Waals surface area contributed by atoms with Gasteiger partial charge in [-0.2, -0.15) is 0 Å². The van der Waals surface area contributed by atoms with Crippen molar-refractivity contribution >= 4 is 0 Å². The Kier molecular flexibility index (Phi) is 3.74. The minimum absolute atomic E-state index is 0.0588. The third-order valence-corrected chi connectivity index (χ3v) is 4.93. The van der Waals surface area contributed by atoms with Crippen molar-refractivity contribution in [3.63, 3.8) is 0 Å². The first-order valence-electron chi connectivity index (χ1n) is 7.83. The SMILES string of the molecule is Cc1cc2c(cc1C)OC1(CC2)CCN(CCCN)C1. The highest BCUT2D eigenvalue weighted by atomic mass is 16.5. The summed E-state index contributed by atoms with van der Waals surface area (Å²) in [7, 11) is 0. The fraction of sp³-hybridized carbons (Fsp3) is 0.647. The topological polar surface area (TPSA) is 38.5 Å². The summed E-state index contributed by atoms with van der Waals surface area (Å²) in [5.74, 6) is 1.13. The summed E-state index contributed by atoms with van der Waals surface area (Å²) < 4.78 is 6.45. The van der Waals surface area contributed by atoms with Gasteiger partial charge in [0, 0.05) is 19.5 Å². The molecule has 2 aliphatic rings. The zero-order valence-corrected chi connectivity index (χ0v) is 12.7. The quantitative estimate of drug-likeness (QED) is 0.920. The van der Waals surface area contributed by atoms with E-state index in [9.17, 15) is 0 Å². The molecule has 0 bridgehead atoms. The summed E-state index contributed by atoms with van der Waals surface area (Å²) in [6, 6.07) is 4.53. The lowest BCUT2D eigenvalue weighted by Gasteiger charge is -2.36. The van der Waals surface area contributed by atoms with Gasteiger partial charge < -0.3 is 10.5 Å². The number of likely N-dealkylation sites (tertiary alicyclic amines) is 1. The van der Waals surface area contributed by atoms with E-state index in [-0.39, 0.29) is 5.60 Å². The van der Waals surface area contributed by atoms with E-state index in [0.29, 0.717) is 0 Å². The van der Waals surface area contributed by atoms with Crippen LogP contribution in [0.25, 0.3) is 0 Å². The number of fused-ring (bicyclic) bond motifs is 1. The molecule has 1 saturated heterocycles. The Morgan fingerprint density at radius 3 is 2.85 bits per heavy atom. The van der Waals surface area contributed by atoms with Crippen LogP contribution in [0, 0.1) is 13.8 Å². The van der Waals surface area contributed by atoms with E-state index in [2.05, 4.69) is 30.9 Å². The summed E-state index contributed by atoms with van der Waals surface area (Å²) in [4.78, 5) is 2.51. The van der Waals surface area contributed by atoms with Gasteiger partial charge in [-0.25, -0.2) is 0 Å². The van der Waals surface area contributed by atoms with Crippen molar-refractivity contribution < 1.29 is 4.74 Å². The summed E-state index contributed by atoms with van der Waals surface area (Å²) >= 11 is 0. The molecule has 0 amide bonds. The molecule has 3 rings (SSSR count). The standard InChI is InChI=1S/C17H26N2O/c1-13-10-15-4-5-17(20-16(15)11-14(13)2)6-9-19(12-17)8-3-7-18/h10-11H,3-9,12,18H2,1-2H3. The van der Waals surface area contributed by atoms with E-state index >= 15 is 0 Å². The molecule has 1 atom stereocenters. The molecular weight excluding hydrogens is 248 g/mol. The Bertz CT molecular complexity index is 500. The Hall–Kier alpha value is -1.06. The maximum absolute atomic E-state index is 6.45. The van der Waals surface area contributed by atoms with Gasteiger partial charge in [-0.3, -0.25) is 4.90 Å². The summed E-state index contributed by atoms with van der Waals surface area (Å²) in [5.41, 5.74) is 9.77. The van der Waals surface area contributed by atoms with Gasteiger partial charge in [0.15, 0.2) is 0 Å². The number of ether oxygens (including phenoxy) is 1. The lowest BCUT2D eigenvalue weighted by molar-refractivity contribution is 0.0544. The van der Waals surface area contributed by atoms with Crippen LogP contribution < -0.4 is 10.5 Å². The lowest BCUT2D eigenvalue weighted by atomic mass is 9.89.